The molecule has 3 aromatic rings. The van der Waals surface area contributed by atoms with E-state index in [1.165, 1.54) is 25.3 Å². The monoisotopic (exact) mass is 475 g/mol. The van der Waals surface area contributed by atoms with E-state index < -0.39 is 15.8 Å². The molecular weight excluding hydrogens is 450 g/mol. The van der Waals surface area contributed by atoms with Crippen molar-refractivity contribution in [3.63, 3.8) is 0 Å². The minimum absolute atomic E-state index is 0.00579. The third kappa shape index (κ3) is 5.00. The Kier molecular flexibility index (Phi) is 7.31. The highest BCUT2D eigenvalue weighted by atomic mass is 35.5. The average Bonchev–Trinajstić information content (AvgIpc) is 3.19. The van der Waals surface area contributed by atoms with Crippen molar-refractivity contribution in [1.82, 2.24) is 4.57 Å². The minimum Gasteiger partial charge on any atom is -0.494 e. The molecule has 0 bridgehead atoms. The van der Waals surface area contributed by atoms with E-state index in [0.29, 0.717) is 25.3 Å². The number of methoxy groups -OCH3 is 1. The van der Waals surface area contributed by atoms with Gasteiger partial charge in [-0.3, -0.25) is 0 Å². The van der Waals surface area contributed by atoms with Crippen molar-refractivity contribution >= 4 is 27.4 Å². The summed E-state index contributed by atoms with van der Waals surface area (Å²) in [6, 6.07) is 11.7. The van der Waals surface area contributed by atoms with E-state index in [4.69, 9.17) is 21.1 Å². The third-order valence-corrected chi connectivity index (χ3v) is 7.55. The highest BCUT2D eigenvalue weighted by Crippen LogP contribution is 2.27. The summed E-state index contributed by atoms with van der Waals surface area (Å²) in [6.07, 6.45) is 2.15. The SMILES string of the molecule is COC(=O)c1c(S(=O)(=O)c2ccc(C)cc2)ccn1CCCOc1cc(C)c(Cl)c(C)c1. The molecule has 0 radical (unpaired) electrons. The molecule has 2 aromatic carbocycles. The molecule has 0 saturated heterocycles. The van der Waals surface area contributed by atoms with Gasteiger partial charge in [-0.15, -0.1) is 0 Å². The lowest BCUT2D eigenvalue weighted by molar-refractivity contribution is 0.0583. The summed E-state index contributed by atoms with van der Waals surface area (Å²) in [5.74, 6) is 0.0123. The van der Waals surface area contributed by atoms with Crippen LogP contribution >= 0.6 is 11.6 Å². The molecule has 1 heterocycles. The van der Waals surface area contributed by atoms with Crippen molar-refractivity contribution in [3.05, 3.63) is 76.1 Å². The number of aryl methyl sites for hydroxylation is 4. The smallest absolute Gasteiger partial charge is 0.356 e. The van der Waals surface area contributed by atoms with Crippen molar-refractivity contribution in [1.29, 1.82) is 0 Å². The number of halogens is 1. The summed E-state index contributed by atoms with van der Waals surface area (Å²) in [5, 5.41) is 0.717. The highest BCUT2D eigenvalue weighted by molar-refractivity contribution is 7.91. The van der Waals surface area contributed by atoms with Gasteiger partial charge in [0.05, 0.1) is 18.6 Å². The lowest BCUT2D eigenvalue weighted by Crippen LogP contribution is -2.16. The van der Waals surface area contributed by atoms with Crippen molar-refractivity contribution in [2.75, 3.05) is 13.7 Å². The van der Waals surface area contributed by atoms with Gasteiger partial charge in [0, 0.05) is 17.8 Å². The number of carbonyl (C=O) groups excluding carboxylic acids is 1. The summed E-state index contributed by atoms with van der Waals surface area (Å²) in [4.78, 5) is 12.5. The molecule has 0 amide bonds. The summed E-state index contributed by atoms with van der Waals surface area (Å²) in [7, 11) is -2.64. The van der Waals surface area contributed by atoms with Crippen molar-refractivity contribution in [2.24, 2.45) is 0 Å². The predicted molar refractivity (Wildman–Crippen MR) is 123 cm³/mol. The fourth-order valence-electron chi connectivity index (χ4n) is 3.43. The number of aromatic nitrogens is 1. The van der Waals surface area contributed by atoms with Gasteiger partial charge in [0.2, 0.25) is 9.84 Å². The molecular formula is C24H26ClNO5S. The second-order valence-corrected chi connectivity index (χ2v) is 9.90. The zero-order valence-corrected chi connectivity index (χ0v) is 20.1. The van der Waals surface area contributed by atoms with Crippen LogP contribution in [0.4, 0.5) is 0 Å². The summed E-state index contributed by atoms with van der Waals surface area (Å²) >= 11 is 6.19. The first kappa shape index (κ1) is 23.9. The normalized spacial score (nSPS) is 11.4. The van der Waals surface area contributed by atoms with Crippen LogP contribution in [0.3, 0.4) is 0 Å². The first-order valence-corrected chi connectivity index (χ1v) is 12.0. The Bertz CT molecular complexity index is 1210. The standard InChI is InChI=1S/C24H26ClNO5S/c1-16-6-8-20(9-7-16)32(28,29)21-10-12-26(23(21)24(27)30-4)11-5-13-31-19-14-17(2)22(25)18(3)15-19/h6-10,12,14-15H,5,11,13H2,1-4H3. The molecule has 0 spiro atoms. The number of rotatable bonds is 8. The molecule has 3 rings (SSSR count). The Morgan fingerprint density at radius 3 is 2.25 bits per heavy atom. The number of benzene rings is 2. The van der Waals surface area contributed by atoms with Crippen molar-refractivity contribution in [3.8, 4) is 5.75 Å². The number of nitrogens with zero attached hydrogens (tertiary/aromatic N) is 1. The van der Waals surface area contributed by atoms with Gasteiger partial charge >= 0.3 is 5.97 Å². The first-order chi connectivity index (χ1) is 15.1. The van der Waals surface area contributed by atoms with Gasteiger partial charge in [-0.05, 0) is 68.7 Å². The number of ether oxygens (including phenoxy) is 2. The van der Waals surface area contributed by atoms with Gasteiger partial charge in [0.15, 0.2) is 0 Å². The molecule has 0 atom stereocenters. The van der Waals surface area contributed by atoms with Gasteiger partial charge in [-0.25, -0.2) is 13.2 Å². The Balaban J connectivity index is 1.78. The lowest BCUT2D eigenvalue weighted by Gasteiger charge is -2.12. The van der Waals surface area contributed by atoms with E-state index in [1.54, 1.807) is 22.9 Å². The largest absolute Gasteiger partial charge is 0.494 e. The van der Waals surface area contributed by atoms with Crippen molar-refractivity contribution < 1.29 is 22.7 Å². The molecule has 0 saturated carbocycles. The summed E-state index contributed by atoms with van der Waals surface area (Å²) in [5.41, 5.74) is 2.82. The molecule has 0 N–H and O–H groups in total. The van der Waals surface area contributed by atoms with E-state index in [2.05, 4.69) is 0 Å². The minimum atomic E-state index is -3.87. The third-order valence-electron chi connectivity index (χ3n) is 5.15. The van der Waals surface area contributed by atoms with E-state index in [0.717, 1.165) is 21.7 Å². The molecule has 1 aromatic heterocycles. The maximum atomic E-state index is 13.1. The molecule has 6 nitrogen and oxygen atoms in total. The fourth-order valence-corrected chi connectivity index (χ4v) is 4.98. The van der Waals surface area contributed by atoms with Crippen LogP contribution in [-0.2, 0) is 21.1 Å². The zero-order valence-electron chi connectivity index (χ0n) is 18.5. The van der Waals surface area contributed by atoms with Crippen molar-refractivity contribution in [2.45, 2.75) is 43.5 Å². The van der Waals surface area contributed by atoms with E-state index in [1.807, 2.05) is 32.9 Å². The van der Waals surface area contributed by atoms with Gasteiger partial charge in [0.1, 0.15) is 16.3 Å². The zero-order chi connectivity index (χ0) is 23.5. The molecule has 8 heteroatoms. The molecule has 0 fully saturated rings. The van der Waals surface area contributed by atoms with Crippen LogP contribution in [0.15, 0.2) is 58.5 Å². The molecule has 170 valence electrons. The van der Waals surface area contributed by atoms with E-state index in [9.17, 15) is 13.2 Å². The Morgan fingerprint density at radius 2 is 1.66 bits per heavy atom. The Morgan fingerprint density at radius 1 is 1.03 bits per heavy atom. The quantitative estimate of drug-likeness (QED) is 0.332. The molecule has 0 aliphatic rings. The summed E-state index contributed by atoms with van der Waals surface area (Å²) < 4.78 is 38.6. The number of carbonyl (C=O) groups is 1. The molecule has 0 aliphatic carbocycles. The average molecular weight is 476 g/mol. The van der Waals surface area contributed by atoms with Gasteiger partial charge < -0.3 is 14.0 Å². The summed E-state index contributed by atoms with van der Waals surface area (Å²) in [6.45, 7) is 6.49. The lowest BCUT2D eigenvalue weighted by atomic mass is 10.1. The van der Waals surface area contributed by atoms with Gasteiger partial charge in [-0.2, -0.15) is 0 Å². The molecule has 0 aliphatic heterocycles. The maximum absolute atomic E-state index is 13.1. The molecule has 0 unspecified atom stereocenters. The van der Waals surface area contributed by atoms with Crippen LogP contribution < -0.4 is 4.74 Å². The van der Waals surface area contributed by atoms with Gasteiger partial charge in [-0.1, -0.05) is 29.3 Å². The van der Waals surface area contributed by atoms with Gasteiger partial charge in [0.25, 0.3) is 0 Å². The van der Waals surface area contributed by atoms with Crippen LogP contribution in [0, 0.1) is 20.8 Å². The second-order valence-electron chi connectivity index (χ2n) is 7.60. The molecule has 32 heavy (non-hydrogen) atoms. The number of esters is 1. The Labute approximate surface area is 193 Å². The van der Waals surface area contributed by atoms with Crippen LogP contribution in [0.25, 0.3) is 0 Å². The maximum Gasteiger partial charge on any atom is 0.356 e. The van der Waals surface area contributed by atoms with Crippen LogP contribution in [0.2, 0.25) is 5.02 Å². The number of hydrogen-bond donors (Lipinski definition) is 0. The number of sulfone groups is 1. The van der Waals surface area contributed by atoms with Crippen LogP contribution in [0.1, 0.15) is 33.6 Å². The van der Waals surface area contributed by atoms with E-state index in [-0.39, 0.29) is 15.5 Å². The topological polar surface area (TPSA) is 74.6 Å². The second kappa shape index (κ2) is 9.79. The van der Waals surface area contributed by atoms with E-state index >= 15 is 0 Å². The number of hydrogen-bond acceptors (Lipinski definition) is 5. The predicted octanol–water partition coefficient (Wildman–Crippen LogP) is 5.16. The first-order valence-electron chi connectivity index (χ1n) is 10.1. The van der Waals surface area contributed by atoms with Crippen LogP contribution in [-0.4, -0.2) is 32.7 Å². The highest BCUT2D eigenvalue weighted by Gasteiger charge is 2.28. The Hall–Kier alpha value is -2.77. The fraction of sp³-hybridized carbons (Fsp3) is 0.292. The van der Waals surface area contributed by atoms with Crippen LogP contribution in [0.5, 0.6) is 5.75 Å².